The van der Waals surface area contributed by atoms with Crippen molar-refractivity contribution in [3.63, 3.8) is 0 Å². The van der Waals surface area contributed by atoms with E-state index in [1.54, 1.807) is 6.08 Å². The third kappa shape index (κ3) is 2.71. The third-order valence-electron chi connectivity index (χ3n) is 3.84. The average molecular weight is 347 g/mol. The maximum atomic E-state index is 12.0. The molecule has 1 fully saturated rings. The summed E-state index contributed by atoms with van der Waals surface area (Å²) in [7, 11) is 1.49. The molecule has 0 spiro atoms. The summed E-state index contributed by atoms with van der Waals surface area (Å²) < 4.78 is 2.05. The highest BCUT2D eigenvalue weighted by Crippen LogP contribution is 2.33. The van der Waals surface area contributed by atoms with Gasteiger partial charge in [0.15, 0.2) is 0 Å². The number of imide groups is 1. The van der Waals surface area contributed by atoms with Crippen molar-refractivity contribution in [3.05, 3.63) is 57.2 Å². The predicted molar refractivity (Wildman–Crippen MR) is 94.0 cm³/mol. The van der Waals surface area contributed by atoms with Crippen LogP contribution in [0, 0.1) is 13.8 Å². The molecular formula is C17H15ClN2O2S. The maximum Gasteiger partial charge on any atom is 0.293 e. The van der Waals surface area contributed by atoms with Gasteiger partial charge in [0, 0.05) is 18.4 Å². The van der Waals surface area contributed by atoms with Crippen molar-refractivity contribution >= 4 is 40.6 Å². The average Bonchev–Trinajstić information content (AvgIpc) is 2.92. The number of carbonyl (C=O) groups excluding carboxylic acids is 2. The Labute approximate surface area is 143 Å². The number of amides is 2. The standard InChI is InChI=1S/C17H15ClN2O2S/c1-10-8-12(9-15-16(21)19(3)17(22)23-15)11(2)20(10)14-7-5-4-6-13(14)18/h4-9H,1-3H3/b15-9-. The van der Waals surface area contributed by atoms with Crippen LogP contribution in [0.4, 0.5) is 4.79 Å². The molecule has 0 unspecified atom stereocenters. The molecule has 0 bridgehead atoms. The number of thioether (sulfide) groups is 1. The van der Waals surface area contributed by atoms with Gasteiger partial charge >= 0.3 is 0 Å². The molecule has 23 heavy (non-hydrogen) atoms. The zero-order valence-electron chi connectivity index (χ0n) is 13.0. The van der Waals surface area contributed by atoms with Gasteiger partial charge in [0.05, 0.1) is 15.6 Å². The number of halogens is 1. The maximum absolute atomic E-state index is 12.0. The normalized spacial score (nSPS) is 16.7. The first-order valence-corrected chi connectivity index (χ1v) is 8.25. The first-order chi connectivity index (χ1) is 10.9. The summed E-state index contributed by atoms with van der Waals surface area (Å²) >= 11 is 7.26. The Hall–Kier alpha value is -1.98. The molecule has 4 nitrogen and oxygen atoms in total. The molecule has 2 heterocycles. The van der Waals surface area contributed by atoms with E-state index in [1.807, 2.05) is 48.7 Å². The Morgan fingerprint density at radius 3 is 2.48 bits per heavy atom. The minimum atomic E-state index is -0.262. The first-order valence-electron chi connectivity index (χ1n) is 7.05. The van der Waals surface area contributed by atoms with Gasteiger partial charge in [-0.05, 0) is 55.4 Å². The number of likely N-dealkylation sites (N-methyl/N-ethyl adjacent to an activating group) is 1. The van der Waals surface area contributed by atoms with E-state index in [1.165, 1.54) is 7.05 Å². The number of benzene rings is 1. The van der Waals surface area contributed by atoms with E-state index in [4.69, 9.17) is 11.6 Å². The number of hydrogen-bond donors (Lipinski definition) is 0. The lowest BCUT2D eigenvalue weighted by atomic mass is 10.2. The zero-order chi connectivity index (χ0) is 16.7. The fourth-order valence-electron chi connectivity index (χ4n) is 2.62. The van der Waals surface area contributed by atoms with Crippen LogP contribution >= 0.6 is 23.4 Å². The largest absolute Gasteiger partial charge is 0.316 e. The lowest BCUT2D eigenvalue weighted by Crippen LogP contribution is -2.22. The highest BCUT2D eigenvalue weighted by atomic mass is 35.5. The van der Waals surface area contributed by atoms with Crippen LogP contribution in [-0.4, -0.2) is 27.7 Å². The molecule has 2 amide bonds. The molecule has 1 saturated heterocycles. The minimum Gasteiger partial charge on any atom is -0.316 e. The summed E-state index contributed by atoms with van der Waals surface area (Å²) in [5.41, 5.74) is 3.78. The number of aromatic nitrogens is 1. The van der Waals surface area contributed by atoms with Crippen molar-refractivity contribution in [2.24, 2.45) is 0 Å². The summed E-state index contributed by atoms with van der Waals surface area (Å²) in [6, 6.07) is 9.60. The lowest BCUT2D eigenvalue weighted by molar-refractivity contribution is -0.121. The van der Waals surface area contributed by atoms with Crippen LogP contribution in [0.1, 0.15) is 17.0 Å². The molecule has 0 atom stereocenters. The Morgan fingerprint density at radius 2 is 1.87 bits per heavy atom. The molecule has 1 aliphatic heterocycles. The van der Waals surface area contributed by atoms with Crippen LogP contribution in [0.3, 0.4) is 0 Å². The van der Waals surface area contributed by atoms with Gasteiger partial charge in [-0.1, -0.05) is 23.7 Å². The van der Waals surface area contributed by atoms with Crippen LogP contribution in [-0.2, 0) is 4.79 Å². The predicted octanol–water partition coefficient (Wildman–Crippen LogP) is 4.41. The van der Waals surface area contributed by atoms with Crippen LogP contribution in [0.5, 0.6) is 0 Å². The second-order valence-corrected chi connectivity index (χ2v) is 6.75. The molecule has 118 valence electrons. The summed E-state index contributed by atoms with van der Waals surface area (Å²) in [4.78, 5) is 25.2. The van der Waals surface area contributed by atoms with Gasteiger partial charge in [0.1, 0.15) is 0 Å². The van der Waals surface area contributed by atoms with E-state index in [2.05, 4.69) is 0 Å². The van der Waals surface area contributed by atoms with Crippen molar-refractivity contribution < 1.29 is 9.59 Å². The number of para-hydroxylation sites is 1. The fraction of sp³-hybridized carbons (Fsp3) is 0.176. The smallest absolute Gasteiger partial charge is 0.293 e. The van der Waals surface area contributed by atoms with Crippen LogP contribution < -0.4 is 0 Å². The van der Waals surface area contributed by atoms with Crippen molar-refractivity contribution in [2.45, 2.75) is 13.8 Å². The van der Waals surface area contributed by atoms with Gasteiger partial charge in [-0.2, -0.15) is 0 Å². The van der Waals surface area contributed by atoms with Gasteiger partial charge in [0.25, 0.3) is 11.1 Å². The van der Waals surface area contributed by atoms with Crippen molar-refractivity contribution in [3.8, 4) is 5.69 Å². The topological polar surface area (TPSA) is 42.3 Å². The van der Waals surface area contributed by atoms with Gasteiger partial charge in [-0.3, -0.25) is 14.5 Å². The van der Waals surface area contributed by atoms with E-state index in [9.17, 15) is 9.59 Å². The Morgan fingerprint density at radius 1 is 1.17 bits per heavy atom. The number of aryl methyl sites for hydroxylation is 1. The monoisotopic (exact) mass is 346 g/mol. The van der Waals surface area contributed by atoms with Crippen molar-refractivity contribution in [1.82, 2.24) is 9.47 Å². The van der Waals surface area contributed by atoms with Crippen LogP contribution in [0.2, 0.25) is 5.02 Å². The van der Waals surface area contributed by atoms with E-state index < -0.39 is 0 Å². The SMILES string of the molecule is Cc1cc(/C=C2\SC(=O)N(C)C2=O)c(C)n1-c1ccccc1Cl. The van der Waals surface area contributed by atoms with Crippen molar-refractivity contribution in [2.75, 3.05) is 7.05 Å². The van der Waals surface area contributed by atoms with E-state index in [0.29, 0.717) is 9.93 Å². The summed E-state index contributed by atoms with van der Waals surface area (Å²) in [5, 5.41) is 0.413. The van der Waals surface area contributed by atoms with Crippen LogP contribution in [0.15, 0.2) is 35.2 Å². The molecule has 1 aromatic carbocycles. The molecule has 0 aliphatic carbocycles. The third-order valence-corrected chi connectivity index (χ3v) is 5.12. The molecular weight excluding hydrogens is 332 g/mol. The first kappa shape index (κ1) is 15.9. The molecule has 3 rings (SSSR count). The second-order valence-electron chi connectivity index (χ2n) is 5.35. The Bertz CT molecular complexity index is 854. The highest BCUT2D eigenvalue weighted by molar-refractivity contribution is 8.18. The lowest BCUT2D eigenvalue weighted by Gasteiger charge is -2.11. The van der Waals surface area contributed by atoms with Gasteiger partial charge in [-0.25, -0.2) is 0 Å². The molecule has 0 saturated carbocycles. The number of rotatable bonds is 2. The van der Waals surface area contributed by atoms with Gasteiger partial charge < -0.3 is 4.57 Å². The zero-order valence-corrected chi connectivity index (χ0v) is 14.5. The van der Waals surface area contributed by atoms with E-state index in [-0.39, 0.29) is 11.1 Å². The van der Waals surface area contributed by atoms with Crippen molar-refractivity contribution in [1.29, 1.82) is 0 Å². The second kappa shape index (κ2) is 5.91. The fourth-order valence-corrected chi connectivity index (χ4v) is 3.66. The molecule has 0 radical (unpaired) electrons. The highest BCUT2D eigenvalue weighted by Gasteiger charge is 2.32. The Balaban J connectivity index is 2.08. The van der Waals surface area contributed by atoms with Crippen LogP contribution in [0.25, 0.3) is 11.8 Å². The summed E-state index contributed by atoms with van der Waals surface area (Å²) in [6.45, 7) is 3.96. The quantitative estimate of drug-likeness (QED) is 0.756. The molecule has 0 N–H and O–H groups in total. The van der Waals surface area contributed by atoms with Gasteiger partial charge in [-0.15, -0.1) is 0 Å². The number of hydrogen-bond acceptors (Lipinski definition) is 3. The number of carbonyl (C=O) groups is 2. The summed E-state index contributed by atoms with van der Waals surface area (Å²) in [5.74, 6) is -0.262. The molecule has 1 aliphatic rings. The van der Waals surface area contributed by atoms with E-state index in [0.717, 1.165) is 39.3 Å². The van der Waals surface area contributed by atoms with E-state index >= 15 is 0 Å². The Kier molecular flexibility index (Phi) is 4.08. The number of nitrogens with zero attached hydrogens (tertiary/aromatic N) is 2. The minimum absolute atomic E-state index is 0.249. The van der Waals surface area contributed by atoms with Gasteiger partial charge in [0.2, 0.25) is 0 Å². The molecule has 2 aromatic rings. The molecule has 1 aromatic heterocycles. The molecule has 6 heteroatoms. The summed E-state index contributed by atoms with van der Waals surface area (Å²) in [6.07, 6.45) is 1.77.